The molecular formula is C18H22N2O. The summed E-state index contributed by atoms with van der Waals surface area (Å²) in [7, 11) is 1.72. The van der Waals surface area contributed by atoms with Gasteiger partial charge >= 0.3 is 0 Å². The fourth-order valence-electron chi connectivity index (χ4n) is 2.73. The third-order valence-corrected chi connectivity index (χ3v) is 3.96. The monoisotopic (exact) mass is 282 g/mol. The van der Waals surface area contributed by atoms with Gasteiger partial charge in [-0.1, -0.05) is 0 Å². The number of aromatic nitrogens is 1. The number of hydrogen-bond acceptors (Lipinski definition) is 3. The van der Waals surface area contributed by atoms with Gasteiger partial charge in [-0.2, -0.15) is 0 Å². The van der Waals surface area contributed by atoms with Crippen LogP contribution in [0, 0.1) is 13.8 Å². The third-order valence-electron chi connectivity index (χ3n) is 3.96. The van der Waals surface area contributed by atoms with Crippen molar-refractivity contribution in [2.75, 3.05) is 7.11 Å². The lowest BCUT2D eigenvalue weighted by Gasteiger charge is -2.12. The van der Waals surface area contributed by atoms with Crippen LogP contribution in [0.5, 0.6) is 5.75 Å². The van der Waals surface area contributed by atoms with Gasteiger partial charge in [0, 0.05) is 30.5 Å². The topological polar surface area (TPSA) is 34.1 Å². The van der Waals surface area contributed by atoms with E-state index < -0.39 is 0 Å². The molecule has 110 valence electrons. The van der Waals surface area contributed by atoms with Crippen LogP contribution >= 0.6 is 0 Å². The highest BCUT2D eigenvalue weighted by atomic mass is 16.5. The maximum Gasteiger partial charge on any atom is 0.124 e. The Hall–Kier alpha value is -1.87. The fraction of sp³-hybridized carbons (Fsp3) is 0.389. The summed E-state index contributed by atoms with van der Waals surface area (Å²) < 4.78 is 5.44. The first-order valence-corrected chi connectivity index (χ1v) is 7.50. The van der Waals surface area contributed by atoms with Crippen LogP contribution in [0.1, 0.15) is 29.5 Å². The van der Waals surface area contributed by atoms with Crippen molar-refractivity contribution in [2.24, 2.45) is 0 Å². The van der Waals surface area contributed by atoms with Crippen LogP contribution in [-0.2, 0) is 6.54 Å². The molecule has 2 aromatic rings. The number of benzene rings is 1. The summed E-state index contributed by atoms with van der Waals surface area (Å²) in [5.41, 5.74) is 5.93. The van der Waals surface area contributed by atoms with Crippen molar-refractivity contribution in [3.05, 3.63) is 47.3 Å². The van der Waals surface area contributed by atoms with E-state index in [1.807, 2.05) is 12.4 Å². The Morgan fingerprint density at radius 1 is 1.10 bits per heavy atom. The third kappa shape index (κ3) is 3.24. The molecule has 3 rings (SSSR count). The molecule has 0 aliphatic heterocycles. The molecule has 0 radical (unpaired) electrons. The summed E-state index contributed by atoms with van der Waals surface area (Å²) in [6.45, 7) is 5.07. The van der Waals surface area contributed by atoms with Crippen molar-refractivity contribution in [1.82, 2.24) is 10.3 Å². The van der Waals surface area contributed by atoms with Crippen LogP contribution < -0.4 is 10.1 Å². The maximum absolute atomic E-state index is 5.44. The van der Waals surface area contributed by atoms with Crippen molar-refractivity contribution in [2.45, 2.75) is 39.3 Å². The van der Waals surface area contributed by atoms with E-state index in [9.17, 15) is 0 Å². The van der Waals surface area contributed by atoms with Gasteiger partial charge in [0.15, 0.2) is 0 Å². The zero-order chi connectivity index (χ0) is 14.8. The lowest BCUT2D eigenvalue weighted by atomic mass is 10.00. The van der Waals surface area contributed by atoms with Crippen molar-refractivity contribution < 1.29 is 4.74 Å². The number of ether oxygens (including phenoxy) is 1. The first-order chi connectivity index (χ1) is 10.2. The Bertz CT molecular complexity index is 624. The number of nitrogens with one attached hydrogen (secondary N) is 1. The Kier molecular flexibility index (Phi) is 3.93. The smallest absolute Gasteiger partial charge is 0.124 e. The number of aryl methyl sites for hydroxylation is 2. The molecule has 0 spiro atoms. The van der Waals surface area contributed by atoms with E-state index in [1.54, 1.807) is 7.11 Å². The molecule has 0 atom stereocenters. The van der Waals surface area contributed by atoms with Crippen molar-refractivity contribution in [3.63, 3.8) is 0 Å². The largest absolute Gasteiger partial charge is 0.496 e. The highest BCUT2D eigenvalue weighted by molar-refractivity contribution is 5.67. The summed E-state index contributed by atoms with van der Waals surface area (Å²) >= 11 is 0. The predicted molar refractivity (Wildman–Crippen MR) is 85.6 cm³/mol. The Balaban J connectivity index is 1.87. The molecule has 1 aromatic carbocycles. The Labute approximate surface area is 126 Å². The molecule has 1 aromatic heterocycles. The molecule has 3 heteroatoms. The highest BCUT2D eigenvalue weighted by Crippen LogP contribution is 2.30. The van der Waals surface area contributed by atoms with Crippen molar-refractivity contribution in [3.8, 4) is 16.9 Å². The van der Waals surface area contributed by atoms with Crippen LogP contribution in [0.3, 0.4) is 0 Å². The standard InChI is InChI=1S/C18H22N2O/c1-12-6-15(7-13(2)18(12)21-3)16-8-14(9-19-11-16)10-20-17-4-5-17/h6-9,11,17,20H,4-5,10H2,1-3H3. The number of hydrogen-bond donors (Lipinski definition) is 1. The van der Waals surface area contributed by atoms with Crippen LogP contribution in [0.2, 0.25) is 0 Å². The number of methoxy groups -OCH3 is 1. The number of nitrogens with zero attached hydrogens (tertiary/aromatic N) is 1. The molecule has 21 heavy (non-hydrogen) atoms. The molecule has 0 unspecified atom stereocenters. The summed E-state index contributed by atoms with van der Waals surface area (Å²) in [5.74, 6) is 0.971. The van der Waals surface area contributed by atoms with Crippen molar-refractivity contribution >= 4 is 0 Å². The second kappa shape index (κ2) is 5.86. The zero-order valence-corrected chi connectivity index (χ0v) is 12.9. The summed E-state index contributed by atoms with van der Waals surface area (Å²) in [6.07, 6.45) is 6.50. The molecule has 1 heterocycles. The molecule has 0 amide bonds. The SMILES string of the molecule is COc1c(C)cc(-c2cncc(CNC3CC3)c2)cc1C. The number of rotatable bonds is 5. The Morgan fingerprint density at radius 3 is 2.43 bits per heavy atom. The minimum absolute atomic E-state index is 0.721. The molecule has 1 aliphatic rings. The van der Waals surface area contributed by atoms with Gasteiger partial charge in [-0.15, -0.1) is 0 Å². The van der Waals surface area contributed by atoms with Gasteiger partial charge in [-0.25, -0.2) is 0 Å². The maximum atomic E-state index is 5.44. The van der Waals surface area contributed by atoms with Gasteiger partial charge in [0.1, 0.15) is 5.75 Å². The average molecular weight is 282 g/mol. The summed E-state index contributed by atoms with van der Waals surface area (Å²) in [6, 6.07) is 7.28. The van der Waals surface area contributed by atoms with E-state index in [0.29, 0.717) is 0 Å². The van der Waals surface area contributed by atoms with E-state index in [1.165, 1.54) is 29.5 Å². The first-order valence-electron chi connectivity index (χ1n) is 7.50. The van der Waals surface area contributed by atoms with E-state index in [2.05, 4.69) is 42.3 Å². The fourth-order valence-corrected chi connectivity index (χ4v) is 2.73. The summed E-state index contributed by atoms with van der Waals surface area (Å²) in [4.78, 5) is 4.39. The number of pyridine rings is 1. The minimum Gasteiger partial charge on any atom is -0.496 e. The van der Waals surface area contributed by atoms with Gasteiger partial charge in [0.25, 0.3) is 0 Å². The van der Waals surface area contributed by atoms with Gasteiger partial charge in [-0.05, 0) is 67.1 Å². The lowest BCUT2D eigenvalue weighted by molar-refractivity contribution is 0.408. The van der Waals surface area contributed by atoms with Gasteiger partial charge in [0.05, 0.1) is 7.11 Å². The van der Waals surface area contributed by atoms with Crippen molar-refractivity contribution in [1.29, 1.82) is 0 Å². The second-order valence-corrected chi connectivity index (χ2v) is 5.88. The normalized spacial score (nSPS) is 14.2. The predicted octanol–water partition coefficient (Wildman–Crippen LogP) is 3.63. The van der Waals surface area contributed by atoms with E-state index >= 15 is 0 Å². The van der Waals surface area contributed by atoms with E-state index in [-0.39, 0.29) is 0 Å². The highest BCUT2D eigenvalue weighted by Gasteiger charge is 2.20. The minimum atomic E-state index is 0.721. The van der Waals surface area contributed by atoms with Gasteiger partial charge < -0.3 is 10.1 Å². The van der Waals surface area contributed by atoms with Gasteiger partial charge in [0.2, 0.25) is 0 Å². The molecule has 0 saturated heterocycles. The molecule has 1 aliphatic carbocycles. The molecule has 1 N–H and O–H groups in total. The molecule has 0 bridgehead atoms. The zero-order valence-electron chi connectivity index (χ0n) is 12.9. The van der Waals surface area contributed by atoms with E-state index in [0.717, 1.165) is 29.5 Å². The van der Waals surface area contributed by atoms with Crippen LogP contribution in [0.4, 0.5) is 0 Å². The quantitative estimate of drug-likeness (QED) is 0.909. The molecular weight excluding hydrogens is 260 g/mol. The molecule has 1 fully saturated rings. The molecule has 1 saturated carbocycles. The average Bonchev–Trinajstić information content (AvgIpc) is 3.29. The van der Waals surface area contributed by atoms with Gasteiger partial charge in [-0.3, -0.25) is 4.98 Å². The Morgan fingerprint density at radius 2 is 1.81 bits per heavy atom. The molecule has 3 nitrogen and oxygen atoms in total. The summed E-state index contributed by atoms with van der Waals surface area (Å²) in [5, 5.41) is 3.53. The lowest BCUT2D eigenvalue weighted by Crippen LogP contribution is -2.15. The van der Waals surface area contributed by atoms with Crippen LogP contribution in [0.25, 0.3) is 11.1 Å². The van der Waals surface area contributed by atoms with Crippen LogP contribution in [0.15, 0.2) is 30.6 Å². The van der Waals surface area contributed by atoms with E-state index in [4.69, 9.17) is 4.74 Å². The first kappa shape index (κ1) is 14.1. The van der Waals surface area contributed by atoms with Crippen LogP contribution in [-0.4, -0.2) is 18.1 Å². The second-order valence-electron chi connectivity index (χ2n) is 5.88.